The quantitative estimate of drug-likeness (QED) is 0.610. The van der Waals surface area contributed by atoms with Gasteiger partial charge in [-0.3, -0.25) is 0 Å². The molecule has 0 aliphatic rings. The fourth-order valence-electron chi connectivity index (χ4n) is 3.02. The summed E-state index contributed by atoms with van der Waals surface area (Å²) in [4.78, 5) is 11.6. The molecule has 1 heterocycles. The van der Waals surface area contributed by atoms with Gasteiger partial charge in [0.05, 0.1) is 23.9 Å². The van der Waals surface area contributed by atoms with E-state index in [1.165, 1.54) is 0 Å². The van der Waals surface area contributed by atoms with Crippen LogP contribution < -0.4 is 10.1 Å². The van der Waals surface area contributed by atoms with Gasteiger partial charge >= 0.3 is 6.09 Å². The molecule has 139 valence electrons. The monoisotopic (exact) mass is 429 g/mol. The van der Waals surface area contributed by atoms with Crippen LogP contribution in [0.3, 0.4) is 0 Å². The van der Waals surface area contributed by atoms with Crippen molar-refractivity contribution in [2.24, 2.45) is 0 Å². The molecule has 2 aromatic carbocycles. The number of ether oxygens (including phenoxy) is 1. The number of hydrogen-bond acceptors (Lipinski definition) is 4. The highest BCUT2D eigenvalue weighted by Crippen LogP contribution is 2.39. The normalized spacial score (nSPS) is 13.0. The lowest BCUT2D eigenvalue weighted by Gasteiger charge is -2.30. The van der Waals surface area contributed by atoms with Gasteiger partial charge < -0.3 is 19.7 Å². The minimum Gasteiger partial charge on any atom is -0.497 e. The van der Waals surface area contributed by atoms with Gasteiger partial charge in [-0.15, -0.1) is 0 Å². The van der Waals surface area contributed by atoms with Crippen LogP contribution >= 0.6 is 15.9 Å². The lowest BCUT2D eigenvalue weighted by molar-refractivity contribution is 0.187. The molecule has 6 nitrogen and oxygen atoms in total. The summed E-state index contributed by atoms with van der Waals surface area (Å²) in [5.41, 5.74) is 1.11. The second-order valence-corrected chi connectivity index (χ2v) is 6.96. The lowest BCUT2D eigenvalue weighted by atomic mass is 9.82. The van der Waals surface area contributed by atoms with Crippen LogP contribution in [0.1, 0.15) is 16.8 Å². The third kappa shape index (κ3) is 3.68. The van der Waals surface area contributed by atoms with Gasteiger partial charge in [-0.1, -0.05) is 45.4 Å². The molecule has 1 atom stereocenters. The van der Waals surface area contributed by atoms with Crippen molar-refractivity contribution in [2.45, 2.75) is 12.5 Å². The van der Waals surface area contributed by atoms with Crippen molar-refractivity contribution in [3.8, 4) is 17.1 Å². The number of aromatic nitrogens is 1. The maximum Gasteiger partial charge on any atom is 0.405 e. The highest BCUT2D eigenvalue weighted by Gasteiger charge is 2.38. The van der Waals surface area contributed by atoms with Crippen LogP contribution in [-0.4, -0.2) is 23.5 Å². The molecule has 2 N–H and O–H groups in total. The molecule has 1 radical (unpaired) electrons. The van der Waals surface area contributed by atoms with Crippen molar-refractivity contribution in [3.63, 3.8) is 0 Å². The number of benzene rings is 2. The fourth-order valence-corrected chi connectivity index (χ4v) is 3.29. The van der Waals surface area contributed by atoms with Gasteiger partial charge in [-0.25, -0.2) is 4.79 Å². The standard InChI is InChI=1S/C20H18BrN2O4/c1-12-17(18(27-23-12)13-7-9-15(21)10-8-13)20(2,22-19(24)25)14-5-4-6-16(11-14)26-3/h4-11,22H,2H2,1,3H3,(H,24,25). The Kier molecular flexibility index (Phi) is 5.23. The summed E-state index contributed by atoms with van der Waals surface area (Å²) in [6, 6.07) is 14.5. The minimum atomic E-state index is -1.34. The van der Waals surface area contributed by atoms with Crippen LogP contribution in [0.5, 0.6) is 5.75 Å². The second-order valence-electron chi connectivity index (χ2n) is 6.05. The summed E-state index contributed by atoms with van der Waals surface area (Å²) >= 11 is 3.40. The Morgan fingerprint density at radius 2 is 2.00 bits per heavy atom. The maximum atomic E-state index is 11.6. The second kappa shape index (κ2) is 7.44. The molecule has 0 saturated heterocycles. The number of aryl methyl sites for hydroxylation is 1. The summed E-state index contributed by atoms with van der Waals surface area (Å²) in [6.45, 7) is 5.96. The van der Waals surface area contributed by atoms with Crippen LogP contribution in [0.15, 0.2) is 57.5 Å². The van der Waals surface area contributed by atoms with E-state index in [2.05, 4.69) is 33.3 Å². The molecule has 0 bridgehead atoms. The maximum absolute atomic E-state index is 11.6. The van der Waals surface area contributed by atoms with E-state index in [0.29, 0.717) is 28.3 Å². The first-order valence-corrected chi connectivity index (χ1v) is 8.88. The minimum absolute atomic E-state index is 0.451. The van der Waals surface area contributed by atoms with Crippen molar-refractivity contribution < 1.29 is 19.2 Å². The van der Waals surface area contributed by atoms with Crippen molar-refractivity contribution in [1.82, 2.24) is 10.5 Å². The average Bonchev–Trinajstić information content (AvgIpc) is 3.04. The third-order valence-corrected chi connectivity index (χ3v) is 4.81. The largest absolute Gasteiger partial charge is 0.497 e. The Morgan fingerprint density at radius 1 is 1.30 bits per heavy atom. The number of hydrogen-bond donors (Lipinski definition) is 2. The van der Waals surface area contributed by atoms with Gasteiger partial charge in [-0.2, -0.15) is 0 Å². The number of nitrogens with zero attached hydrogens (tertiary/aromatic N) is 1. The Hall–Kier alpha value is -2.80. The zero-order chi connectivity index (χ0) is 19.6. The fraction of sp³-hybridized carbons (Fsp3) is 0.150. The molecule has 1 aromatic heterocycles. The SMILES string of the molecule is [CH2]C(NC(=O)O)(c1cccc(OC)c1)c1c(C)noc1-c1ccc(Br)cc1. The van der Waals surface area contributed by atoms with Crippen LogP contribution in [0, 0.1) is 13.8 Å². The van der Waals surface area contributed by atoms with E-state index >= 15 is 0 Å². The molecular formula is C20H18BrN2O4. The third-order valence-electron chi connectivity index (χ3n) is 4.28. The van der Waals surface area contributed by atoms with Gasteiger partial charge in [0.1, 0.15) is 5.75 Å². The van der Waals surface area contributed by atoms with Gasteiger partial charge in [-0.05, 0) is 43.7 Å². The molecule has 0 saturated carbocycles. The number of rotatable bonds is 5. The molecule has 0 fully saturated rings. The summed E-state index contributed by atoms with van der Waals surface area (Å²) in [6.07, 6.45) is -1.21. The molecule has 1 unspecified atom stereocenters. The summed E-state index contributed by atoms with van der Waals surface area (Å²) in [5.74, 6) is 1.04. The number of methoxy groups -OCH3 is 1. The molecule has 3 aromatic rings. The molecule has 0 aliphatic carbocycles. The lowest BCUT2D eigenvalue weighted by Crippen LogP contribution is -2.44. The van der Waals surface area contributed by atoms with E-state index in [0.717, 1.165) is 10.0 Å². The molecular weight excluding hydrogens is 412 g/mol. The smallest absolute Gasteiger partial charge is 0.405 e. The van der Waals surface area contributed by atoms with E-state index in [4.69, 9.17) is 9.26 Å². The van der Waals surface area contributed by atoms with Crippen LogP contribution in [0.2, 0.25) is 0 Å². The zero-order valence-electron chi connectivity index (χ0n) is 14.8. The van der Waals surface area contributed by atoms with Gasteiger partial charge in [0, 0.05) is 10.0 Å². The predicted molar refractivity (Wildman–Crippen MR) is 105 cm³/mol. The Bertz CT molecular complexity index is 968. The average molecular weight is 430 g/mol. The topological polar surface area (TPSA) is 84.6 Å². The van der Waals surface area contributed by atoms with Crippen LogP contribution in [-0.2, 0) is 5.54 Å². The van der Waals surface area contributed by atoms with Crippen LogP contribution in [0.4, 0.5) is 4.79 Å². The van der Waals surface area contributed by atoms with Gasteiger partial charge in [0.2, 0.25) is 0 Å². The Labute approximate surface area is 165 Å². The van der Waals surface area contributed by atoms with Crippen molar-refractivity contribution in [1.29, 1.82) is 0 Å². The van der Waals surface area contributed by atoms with E-state index in [1.807, 2.05) is 24.3 Å². The number of carboxylic acid groups (broad SMARTS) is 1. The van der Waals surface area contributed by atoms with E-state index in [9.17, 15) is 9.90 Å². The molecule has 3 rings (SSSR count). The van der Waals surface area contributed by atoms with Crippen molar-refractivity contribution in [3.05, 3.63) is 76.7 Å². The number of carbonyl (C=O) groups is 1. The first-order valence-electron chi connectivity index (χ1n) is 8.09. The Morgan fingerprint density at radius 3 is 2.63 bits per heavy atom. The summed E-state index contributed by atoms with van der Waals surface area (Å²) in [5, 5.41) is 16.1. The summed E-state index contributed by atoms with van der Waals surface area (Å²) in [7, 11) is 1.55. The van der Waals surface area contributed by atoms with Gasteiger partial charge in [0.25, 0.3) is 0 Å². The number of halogens is 1. The summed E-state index contributed by atoms with van der Waals surface area (Å²) < 4.78 is 11.8. The zero-order valence-corrected chi connectivity index (χ0v) is 16.4. The number of nitrogens with one attached hydrogen (secondary N) is 1. The molecule has 7 heteroatoms. The van der Waals surface area contributed by atoms with E-state index < -0.39 is 11.6 Å². The van der Waals surface area contributed by atoms with Gasteiger partial charge in [0.15, 0.2) is 5.76 Å². The molecule has 27 heavy (non-hydrogen) atoms. The highest BCUT2D eigenvalue weighted by atomic mass is 79.9. The Balaban J connectivity index is 2.23. The predicted octanol–water partition coefficient (Wildman–Crippen LogP) is 4.77. The van der Waals surface area contributed by atoms with E-state index in [1.54, 1.807) is 38.3 Å². The van der Waals surface area contributed by atoms with Crippen LogP contribution in [0.25, 0.3) is 11.3 Å². The van der Waals surface area contributed by atoms with Crippen molar-refractivity contribution >= 4 is 22.0 Å². The molecule has 0 spiro atoms. The first kappa shape index (κ1) is 19.0. The number of amides is 1. The molecule has 1 amide bonds. The van der Waals surface area contributed by atoms with E-state index in [-0.39, 0.29) is 0 Å². The first-order chi connectivity index (χ1) is 12.8. The highest BCUT2D eigenvalue weighted by molar-refractivity contribution is 9.10. The van der Waals surface area contributed by atoms with Crippen molar-refractivity contribution in [2.75, 3.05) is 7.11 Å². The molecule has 0 aliphatic heterocycles.